The second-order valence-electron chi connectivity index (χ2n) is 17.2. The molecule has 0 atom stereocenters. The SMILES string of the molecule is [2H]C([2H])([2H])c1cnc(-c2[c-]ccc3c2oc2nc(C([2H])(C)C)ccc23)cc1-c1ccccc1.[2H]C([2H])(c1cc(-c2[c-]cc(C(C)(C)C)cc2)ncc1[Si](C)(C)C)C(C)(C)C.[Ir]. The van der Waals surface area contributed by atoms with Crippen LogP contribution < -0.4 is 5.19 Å². The summed E-state index contributed by atoms with van der Waals surface area (Å²) in [5.41, 5.74) is 7.73. The fourth-order valence-electron chi connectivity index (χ4n) is 6.30. The second-order valence-corrected chi connectivity index (χ2v) is 22.2. The third kappa shape index (κ3) is 9.78. The van der Waals surface area contributed by atoms with Crippen LogP contribution >= 0.6 is 0 Å². The number of hydrogen-bond donors (Lipinski definition) is 0. The first kappa shape index (κ1) is 34.1. The number of fused-ring (bicyclic) bond motifs is 3. The minimum Gasteiger partial charge on any atom is -0.486 e. The number of rotatable bonds is 6. The van der Waals surface area contributed by atoms with Crippen LogP contribution in [0.3, 0.4) is 0 Å². The number of benzene rings is 3. The van der Waals surface area contributed by atoms with Gasteiger partial charge in [-0.1, -0.05) is 134 Å². The van der Waals surface area contributed by atoms with E-state index >= 15 is 0 Å². The van der Waals surface area contributed by atoms with Gasteiger partial charge in [0.2, 0.25) is 5.71 Å². The quantitative estimate of drug-likeness (QED) is 0.123. The first-order valence-electron chi connectivity index (χ1n) is 21.5. The smallest absolute Gasteiger partial charge is 0.216 e. The number of nitrogens with zero attached hydrogens (tertiary/aromatic N) is 3. The van der Waals surface area contributed by atoms with Gasteiger partial charge in [-0.05, 0) is 75.3 Å². The predicted octanol–water partition coefficient (Wildman–Crippen LogP) is 12.9. The summed E-state index contributed by atoms with van der Waals surface area (Å²) in [5, 5.41) is 2.80. The van der Waals surface area contributed by atoms with Crippen LogP contribution in [0.25, 0.3) is 55.7 Å². The Balaban J connectivity index is 0.000000232. The van der Waals surface area contributed by atoms with Crippen molar-refractivity contribution in [3.05, 3.63) is 132 Å². The van der Waals surface area contributed by atoms with Crippen molar-refractivity contribution < 1.29 is 32.7 Å². The monoisotopic (exact) mass is 928 g/mol. The van der Waals surface area contributed by atoms with Crippen LogP contribution in [0.4, 0.5) is 0 Å². The minimum absolute atomic E-state index is 0. The number of hydrogen-bond acceptors (Lipinski definition) is 4. The molecule has 0 aliphatic carbocycles. The van der Waals surface area contributed by atoms with Gasteiger partial charge in [0.15, 0.2) is 0 Å². The first-order valence-corrected chi connectivity index (χ1v) is 22.0. The topological polar surface area (TPSA) is 51.8 Å². The molecule has 0 bridgehead atoms. The van der Waals surface area contributed by atoms with Gasteiger partial charge in [-0.2, -0.15) is 0 Å². The maximum absolute atomic E-state index is 8.87. The molecular formula is C49H55IrN3OSi-2. The van der Waals surface area contributed by atoms with E-state index in [9.17, 15) is 0 Å². The molecule has 0 fully saturated rings. The molecule has 0 aliphatic heterocycles. The largest absolute Gasteiger partial charge is 0.486 e. The van der Waals surface area contributed by atoms with Crippen molar-refractivity contribution in [2.45, 2.75) is 99.6 Å². The Kier molecular flexibility index (Phi) is 10.2. The zero-order chi connectivity index (χ0) is 44.2. The van der Waals surface area contributed by atoms with E-state index in [2.05, 4.69) is 68.6 Å². The zero-order valence-corrected chi connectivity index (χ0v) is 37.2. The van der Waals surface area contributed by atoms with Gasteiger partial charge in [0.25, 0.3) is 0 Å². The van der Waals surface area contributed by atoms with E-state index < -0.39 is 32.6 Å². The van der Waals surface area contributed by atoms with Gasteiger partial charge in [0.05, 0.1) is 13.7 Å². The number of aromatic nitrogens is 3. The van der Waals surface area contributed by atoms with Crippen LogP contribution in [-0.2, 0) is 31.9 Å². The molecule has 0 spiro atoms. The Morgan fingerprint density at radius 1 is 0.855 bits per heavy atom. The van der Waals surface area contributed by atoms with Crippen molar-refractivity contribution in [1.29, 1.82) is 0 Å². The van der Waals surface area contributed by atoms with Gasteiger partial charge < -0.3 is 14.4 Å². The molecule has 0 unspecified atom stereocenters. The van der Waals surface area contributed by atoms with E-state index in [0.29, 0.717) is 33.8 Å². The summed E-state index contributed by atoms with van der Waals surface area (Å²) in [6, 6.07) is 33.4. The molecule has 0 aliphatic rings. The molecule has 4 nitrogen and oxygen atoms in total. The summed E-state index contributed by atoms with van der Waals surface area (Å²) >= 11 is 0. The first-order chi connectivity index (χ1) is 27.7. The van der Waals surface area contributed by atoms with Crippen LogP contribution in [0, 0.1) is 24.4 Å². The maximum Gasteiger partial charge on any atom is 0.216 e. The fraction of sp³-hybridized carbons (Fsp3) is 0.327. The van der Waals surface area contributed by atoms with E-state index in [1.165, 1.54) is 11.8 Å². The third-order valence-corrected chi connectivity index (χ3v) is 11.2. The van der Waals surface area contributed by atoms with E-state index in [-0.39, 0.29) is 31.1 Å². The molecule has 0 N–H and O–H groups in total. The van der Waals surface area contributed by atoms with E-state index in [1.807, 2.05) is 93.7 Å². The summed E-state index contributed by atoms with van der Waals surface area (Å²) in [6.45, 7) is 20.5. The van der Waals surface area contributed by atoms with Crippen molar-refractivity contribution in [3.8, 4) is 33.6 Å². The molecule has 0 saturated heterocycles. The Labute approximate surface area is 352 Å². The van der Waals surface area contributed by atoms with Gasteiger partial charge in [-0.3, -0.25) is 0 Å². The molecule has 1 radical (unpaired) electrons. The Hall–Kier alpha value is -4.22. The average Bonchev–Trinajstić information content (AvgIpc) is 3.55. The van der Waals surface area contributed by atoms with Gasteiger partial charge in [-0.15, -0.1) is 53.6 Å². The molecule has 4 heterocycles. The van der Waals surface area contributed by atoms with Crippen LogP contribution in [0.2, 0.25) is 19.6 Å². The van der Waals surface area contributed by atoms with E-state index in [0.717, 1.165) is 38.3 Å². The number of pyridine rings is 3. The molecule has 4 aromatic heterocycles. The van der Waals surface area contributed by atoms with Crippen molar-refractivity contribution in [1.82, 2.24) is 15.0 Å². The molecule has 287 valence electrons. The second kappa shape index (κ2) is 16.5. The van der Waals surface area contributed by atoms with Crippen LogP contribution in [0.5, 0.6) is 0 Å². The third-order valence-electron chi connectivity index (χ3n) is 9.23. The predicted molar refractivity (Wildman–Crippen MR) is 231 cm³/mol. The van der Waals surface area contributed by atoms with Crippen molar-refractivity contribution in [2.75, 3.05) is 0 Å². The van der Waals surface area contributed by atoms with E-state index in [1.54, 1.807) is 26.0 Å². The maximum atomic E-state index is 8.87. The molecule has 3 aromatic carbocycles. The van der Waals surface area contributed by atoms with Crippen LogP contribution in [-0.4, -0.2) is 23.0 Å². The minimum atomic E-state index is -2.30. The van der Waals surface area contributed by atoms with Crippen molar-refractivity contribution in [2.24, 2.45) is 5.41 Å². The number of aryl methyl sites for hydroxylation is 1. The number of furan rings is 1. The molecular weight excluding hydrogens is 867 g/mol. The molecule has 0 saturated carbocycles. The fourth-order valence-corrected chi connectivity index (χ4v) is 7.69. The average molecular weight is 928 g/mol. The zero-order valence-electron chi connectivity index (χ0n) is 39.8. The molecule has 0 amide bonds. The van der Waals surface area contributed by atoms with E-state index in [4.69, 9.17) is 17.6 Å². The van der Waals surface area contributed by atoms with Gasteiger partial charge >= 0.3 is 0 Å². The van der Waals surface area contributed by atoms with Crippen LogP contribution in [0.15, 0.2) is 102 Å². The standard InChI is InChI=1S/C26H21N2O.C23H34NSi.Ir/c1-16(2)23-13-12-20-19-10-7-11-21(25(19)29-26(20)28-23)24-14-22(17(3)15-27-24)18-8-5-4-6-9-18;1-22(2,3)15-18-14-20(24-16-21(18)25(7,8)9)17-10-12-19(13-11-17)23(4,5)6;/h4-10,12-16H,1-3H3;10,12-14,16H,15H2,1-9H3;/q2*-1;/i3D3,16D;15D2;. The summed E-state index contributed by atoms with van der Waals surface area (Å²) in [4.78, 5) is 13.7. The Morgan fingerprint density at radius 3 is 2.20 bits per heavy atom. The Bertz CT molecular complexity index is 2650. The summed E-state index contributed by atoms with van der Waals surface area (Å²) in [7, 11) is -1.74. The van der Waals surface area contributed by atoms with Crippen LogP contribution in [0.1, 0.15) is 91.9 Å². The molecule has 6 heteroatoms. The van der Waals surface area contributed by atoms with Gasteiger partial charge in [0.1, 0.15) is 0 Å². The summed E-state index contributed by atoms with van der Waals surface area (Å²) in [5.74, 6) is -0.848. The summed E-state index contributed by atoms with van der Waals surface area (Å²) in [6.07, 6.45) is 1.89. The van der Waals surface area contributed by atoms with Crippen molar-refractivity contribution >= 4 is 35.3 Å². The molecule has 55 heavy (non-hydrogen) atoms. The molecule has 7 aromatic rings. The van der Waals surface area contributed by atoms with Gasteiger partial charge in [-0.25, -0.2) is 4.98 Å². The van der Waals surface area contributed by atoms with Crippen molar-refractivity contribution in [3.63, 3.8) is 0 Å². The normalized spacial score (nSPS) is 14.4. The summed E-state index contributed by atoms with van der Waals surface area (Å²) < 4.78 is 56.0. The van der Waals surface area contributed by atoms with Gasteiger partial charge in [0, 0.05) is 51.8 Å². The Morgan fingerprint density at radius 2 is 1.58 bits per heavy atom. The molecule has 7 rings (SSSR count).